The van der Waals surface area contributed by atoms with Gasteiger partial charge in [0.15, 0.2) is 0 Å². The Bertz CT molecular complexity index is 857. The van der Waals surface area contributed by atoms with Crippen molar-refractivity contribution in [2.75, 3.05) is 18.4 Å². The van der Waals surface area contributed by atoms with Gasteiger partial charge in [0.25, 0.3) is 5.91 Å². The van der Waals surface area contributed by atoms with Gasteiger partial charge in [0.2, 0.25) is 0 Å². The molecule has 0 unspecified atom stereocenters. The largest absolute Gasteiger partial charge is 0.380 e. The topological polar surface area (TPSA) is 53.2 Å². The zero-order valence-corrected chi connectivity index (χ0v) is 18.4. The van der Waals surface area contributed by atoms with E-state index >= 15 is 0 Å². The smallest absolute Gasteiger partial charge is 0.251 e. The molecule has 0 radical (unpaired) electrons. The van der Waals surface area contributed by atoms with Crippen molar-refractivity contribution in [3.05, 3.63) is 63.7 Å². The maximum atomic E-state index is 12.6. The molecule has 2 aliphatic rings. The number of amides is 1. The van der Waals surface area contributed by atoms with Crippen molar-refractivity contribution < 1.29 is 4.79 Å². The van der Waals surface area contributed by atoms with Gasteiger partial charge in [0, 0.05) is 18.2 Å². The molecule has 0 bridgehead atoms. The third-order valence-corrected chi connectivity index (χ3v) is 6.67. The molecule has 30 heavy (non-hydrogen) atoms. The molecule has 1 fully saturated rings. The molecular weight excluding hydrogens is 394 g/mol. The zero-order chi connectivity index (χ0) is 20.8. The van der Waals surface area contributed by atoms with Crippen molar-refractivity contribution in [1.82, 2.24) is 10.6 Å². The predicted octanol–water partition coefficient (Wildman–Crippen LogP) is 5.09. The van der Waals surface area contributed by atoms with Crippen molar-refractivity contribution >= 4 is 23.2 Å². The van der Waals surface area contributed by atoms with Crippen molar-refractivity contribution in [2.45, 2.75) is 64.0 Å². The first-order valence-electron chi connectivity index (χ1n) is 11.4. The molecule has 0 atom stereocenters. The summed E-state index contributed by atoms with van der Waals surface area (Å²) in [6, 6.07) is 12.4. The van der Waals surface area contributed by atoms with Crippen LogP contribution >= 0.6 is 11.6 Å². The van der Waals surface area contributed by atoms with Crippen LogP contribution < -0.4 is 16.0 Å². The van der Waals surface area contributed by atoms with Crippen LogP contribution in [0.4, 0.5) is 5.69 Å². The molecule has 1 heterocycles. The monoisotopic (exact) mass is 425 g/mol. The first-order chi connectivity index (χ1) is 14.7. The van der Waals surface area contributed by atoms with E-state index in [4.69, 9.17) is 11.6 Å². The number of halogens is 1. The van der Waals surface area contributed by atoms with Gasteiger partial charge in [-0.3, -0.25) is 4.79 Å². The summed E-state index contributed by atoms with van der Waals surface area (Å²) in [5.41, 5.74) is 5.62. The lowest BCUT2D eigenvalue weighted by molar-refractivity contribution is 0.0933. The van der Waals surface area contributed by atoms with Crippen LogP contribution in [0, 0.1) is 0 Å². The number of hydrogen-bond donors (Lipinski definition) is 3. The normalized spacial score (nSPS) is 17.5. The summed E-state index contributed by atoms with van der Waals surface area (Å²) in [5.74, 6) is 0.0466. The Labute approximate surface area is 184 Å². The zero-order valence-electron chi connectivity index (χ0n) is 17.6. The number of carbonyl (C=O) groups is 1. The standard InChI is InChI=1S/C25H32ClN3O/c26-23-12-11-19-13-15-27-16-14-22(19)24(23)28-17-18-7-9-20(10-8-18)25(30)29-21-5-3-1-2-4-6-21/h7-12,21,27-28H,1-6,13-17H2,(H,29,30). The van der Waals surface area contributed by atoms with Gasteiger partial charge in [-0.05, 0) is 73.7 Å². The second kappa shape index (κ2) is 10.3. The van der Waals surface area contributed by atoms with Crippen LogP contribution in [0.1, 0.15) is 65.6 Å². The molecule has 0 aromatic heterocycles. The molecule has 1 saturated carbocycles. The maximum absolute atomic E-state index is 12.6. The third kappa shape index (κ3) is 5.35. The van der Waals surface area contributed by atoms with Gasteiger partial charge in [-0.25, -0.2) is 0 Å². The first-order valence-corrected chi connectivity index (χ1v) is 11.7. The summed E-state index contributed by atoms with van der Waals surface area (Å²) in [4.78, 5) is 12.6. The van der Waals surface area contributed by atoms with Gasteiger partial charge in [0.05, 0.1) is 10.7 Å². The Morgan fingerprint density at radius 2 is 1.70 bits per heavy atom. The summed E-state index contributed by atoms with van der Waals surface area (Å²) in [6.45, 7) is 2.68. The second-order valence-corrected chi connectivity index (χ2v) is 8.93. The van der Waals surface area contributed by atoms with Crippen molar-refractivity contribution in [1.29, 1.82) is 0 Å². The van der Waals surface area contributed by atoms with Crippen LogP contribution in [-0.4, -0.2) is 25.0 Å². The summed E-state index contributed by atoms with van der Waals surface area (Å²) in [5, 5.41) is 11.0. The van der Waals surface area contributed by atoms with E-state index in [2.05, 4.69) is 22.0 Å². The van der Waals surface area contributed by atoms with E-state index in [0.717, 1.165) is 60.6 Å². The van der Waals surface area contributed by atoms with Gasteiger partial charge in [-0.2, -0.15) is 0 Å². The van der Waals surface area contributed by atoms with Crippen LogP contribution in [0.15, 0.2) is 36.4 Å². The van der Waals surface area contributed by atoms with E-state index in [9.17, 15) is 4.79 Å². The van der Waals surface area contributed by atoms with Crippen molar-refractivity contribution in [2.24, 2.45) is 0 Å². The van der Waals surface area contributed by atoms with E-state index in [1.807, 2.05) is 30.3 Å². The average molecular weight is 426 g/mol. The Kier molecular flexibility index (Phi) is 7.29. The number of nitrogens with one attached hydrogen (secondary N) is 3. The van der Waals surface area contributed by atoms with E-state index in [-0.39, 0.29) is 5.91 Å². The van der Waals surface area contributed by atoms with Crippen molar-refractivity contribution in [3.8, 4) is 0 Å². The van der Waals surface area contributed by atoms with Gasteiger partial charge in [0.1, 0.15) is 0 Å². The molecule has 3 N–H and O–H groups in total. The lowest BCUT2D eigenvalue weighted by Gasteiger charge is -2.17. The number of rotatable bonds is 5. The number of benzene rings is 2. The minimum Gasteiger partial charge on any atom is -0.380 e. The van der Waals surface area contributed by atoms with E-state index in [1.54, 1.807) is 0 Å². The van der Waals surface area contributed by atoms with E-state index < -0.39 is 0 Å². The Hall–Kier alpha value is -2.04. The summed E-state index contributed by atoms with van der Waals surface area (Å²) in [7, 11) is 0. The maximum Gasteiger partial charge on any atom is 0.251 e. The number of carbonyl (C=O) groups excluding carboxylic acids is 1. The molecule has 1 aliphatic heterocycles. The van der Waals surface area contributed by atoms with Gasteiger partial charge in [-0.1, -0.05) is 55.5 Å². The predicted molar refractivity (Wildman–Crippen MR) is 124 cm³/mol. The van der Waals surface area contributed by atoms with E-state index in [0.29, 0.717) is 12.6 Å². The molecule has 0 spiro atoms. The van der Waals surface area contributed by atoms with Crippen LogP contribution in [0.3, 0.4) is 0 Å². The molecule has 160 valence electrons. The number of hydrogen-bond acceptors (Lipinski definition) is 3. The molecular formula is C25H32ClN3O. The fourth-order valence-corrected chi connectivity index (χ4v) is 4.84. The fraction of sp³-hybridized carbons (Fsp3) is 0.480. The summed E-state index contributed by atoms with van der Waals surface area (Å²) >= 11 is 6.52. The Balaban J connectivity index is 1.38. The lowest BCUT2D eigenvalue weighted by Crippen LogP contribution is -2.34. The molecule has 0 saturated heterocycles. The Morgan fingerprint density at radius 3 is 2.47 bits per heavy atom. The number of fused-ring (bicyclic) bond motifs is 1. The summed E-state index contributed by atoms with van der Waals surface area (Å²) < 4.78 is 0. The molecule has 2 aromatic rings. The van der Waals surface area contributed by atoms with Crippen LogP contribution in [0.2, 0.25) is 5.02 Å². The number of anilines is 1. The summed E-state index contributed by atoms with van der Waals surface area (Å²) in [6.07, 6.45) is 9.24. The van der Waals surface area contributed by atoms with Gasteiger partial charge < -0.3 is 16.0 Å². The third-order valence-electron chi connectivity index (χ3n) is 6.36. The molecule has 4 nitrogen and oxygen atoms in total. The quantitative estimate of drug-likeness (QED) is 0.584. The average Bonchev–Trinajstić information content (AvgIpc) is 3.16. The highest BCUT2D eigenvalue weighted by Gasteiger charge is 2.17. The fourth-order valence-electron chi connectivity index (χ4n) is 4.59. The molecule has 5 heteroatoms. The molecule has 2 aromatic carbocycles. The Morgan fingerprint density at radius 1 is 0.967 bits per heavy atom. The molecule has 1 amide bonds. The SMILES string of the molecule is O=C(NC1CCCCCC1)c1ccc(CNc2c(Cl)ccc3c2CCNCC3)cc1. The van der Waals surface area contributed by atoms with E-state index in [1.165, 1.54) is 36.8 Å². The molecule has 4 rings (SSSR count). The van der Waals surface area contributed by atoms with Crippen molar-refractivity contribution in [3.63, 3.8) is 0 Å². The second-order valence-electron chi connectivity index (χ2n) is 8.52. The van der Waals surface area contributed by atoms with Crippen LogP contribution in [0.25, 0.3) is 0 Å². The lowest BCUT2D eigenvalue weighted by atomic mass is 10.0. The van der Waals surface area contributed by atoms with Gasteiger partial charge in [-0.15, -0.1) is 0 Å². The minimum atomic E-state index is 0.0466. The highest BCUT2D eigenvalue weighted by molar-refractivity contribution is 6.33. The minimum absolute atomic E-state index is 0.0466. The molecule has 1 aliphatic carbocycles. The highest BCUT2D eigenvalue weighted by atomic mass is 35.5. The first kappa shape index (κ1) is 21.2. The highest BCUT2D eigenvalue weighted by Crippen LogP contribution is 2.31. The van der Waals surface area contributed by atoms with Gasteiger partial charge >= 0.3 is 0 Å². The van der Waals surface area contributed by atoms with Crippen LogP contribution in [0.5, 0.6) is 0 Å². The van der Waals surface area contributed by atoms with Crippen LogP contribution in [-0.2, 0) is 19.4 Å².